The van der Waals surface area contributed by atoms with Gasteiger partial charge in [-0.2, -0.15) is 5.26 Å². The van der Waals surface area contributed by atoms with Crippen LogP contribution in [0.3, 0.4) is 0 Å². The third kappa shape index (κ3) is 4.19. The second-order valence-electron chi connectivity index (χ2n) is 5.00. The van der Waals surface area contributed by atoms with Gasteiger partial charge < -0.3 is 10.1 Å². The molecule has 10 heteroatoms. The van der Waals surface area contributed by atoms with Gasteiger partial charge in [-0.1, -0.05) is 11.8 Å². The Morgan fingerprint density at radius 2 is 2.15 bits per heavy atom. The number of ether oxygens (including phenoxy) is 1. The second-order valence-corrected chi connectivity index (χ2v) is 7.78. The lowest BCUT2D eigenvalue weighted by Crippen LogP contribution is -2.30. The molecule has 0 spiro atoms. The molecule has 3 rings (SSSR count). The summed E-state index contributed by atoms with van der Waals surface area (Å²) in [5.74, 6) is -0.974. The van der Waals surface area contributed by atoms with Crippen LogP contribution >= 0.6 is 34.4 Å². The van der Waals surface area contributed by atoms with Crippen molar-refractivity contribution >= 4 is 61.5 Å². The SMILES string of the molecule is C[C@@H](OC(=O)CSc1ncnc2sccc12)C(=O)Nc1sccc1C#N. The smallest absolute Gasteiger partial charge is 0.317 e. The number of anilines is 1. The van der Waals surface area contributed by atoms with Crippen LogP contribution in [0.1, 0.15) is 12.5 Å². The first-order chi connectivity index (χ1) is 12.6. The number of rotatable bonds is 6. The van der Waals surface area contributed by atoms with Crippen LogP contribution in [0.25, 0.3) is 10.2 Å². The van der Waals surface area contributed by atoms with Crippen LogP contribution in [-0.2, 0) is 14.3 Å². The molecule has 0 saturated heterocycles. The zero-order valence-corrected chi connectivity index (χ0v) is 15.9. The van der Waals surface area contributed by atoms with Crippen LogP contribution in [-0.4, -0.2) is 33.7 Å². The topological polar surface area (TPSA) is 105 Å². The fourth-order valence-corrected chi connectivity index (χ4v) is 4.30. The number of thiophene rings is 2. The third-order valence-corrected chi connectivity index (χ3v) is 5.88. The molecule has 3 aromatic heterocycles. The van der Waals surface area contributed by atoms with Crippen molar-refractivity contribution in [2.75, 3.05) is 11.1 Å². The van der Waals surface area contributed by atoms with Gasteiger partial charge in [0.05, 0.1) is 11.3 Å². The molecule has 3 aromatic rings. The van der Waals surface area contributed by atoms with E-state index in [2.05, 4.69) is 15.3 Å². The first kappa shape index (κ1) is 18.3. The molecule has 0 aromatic carbocycles. The normalized spacial score (nSPS) is 11.7. The minimum Gasteiger partial charge on any atom is -0.452 e. The van der Waals surface area contributed by atoms with Crippen LogP contribution in [0, 0.1) is 11.3 Å². The number of aromatic nitrogens is 2. The van der Waals surface area contributed by atoms with Crippen molar-refractivity contribution in [1.29, 1.82) is 5.26 Å². The van der Waals surface area contributed by atoms with Crippen LogP contribution in [0.4, 0.5) is 5.00 Å². The molecule has 3 heterocycles. The Balaban J connectivity index is 1.53. The molecule has 1 amide bonds. The number of hydrogen-bond donors (Lipinski definition) is 1. The summed E-state index contributed by atoms with van der Waals surface area (Å²) in [4.78, 5) is 33.3. The number of amides is 1. The van der Waals surface area contributed by atoms with Crippen LogP contribution < -0.4 is 5.32 Å². The number of fused-ring (bicyclic) bond motifs is 1. The van der Waals surface area contributed by atoms with E-state index in [1.54, 1.807) is 11.4 Å². The average Bonchev–Trinajstić information content (AvgIpc) is 3.28. The van der Waals surface area contributed by atoms with E-state index in [1.165, 1.54) is 47.7 Å². The maximum Gasteiger partial charge on any atom is 0.317 e. The van der Waals surface area contributed by atoms with Gasteiger partial charge in [0.25, 0.3) is 5.91 Å². The van der Waals surface area contributed by atoms with E-state index in [-0.39, 0.29) is 5.75 Å². The maximum absolute atomic E-state index is 12.1. The highest BCUT2D eigenvalue weighted by molar-refractivity contribution is 8.00. The van der Waals surface area contributed by atoms with Crippen LogP contribution in [0.2, 0.25) is 0 Å². The van der Waals surface area contributed by atoms with Gasteiger partial charge in [-0.3, -0.25) is 9.59 Å². The largest absolute Gasteiger partial charge is 0.452 e. The molecule has 0 aliphatic heterocycles. The Morgan fingerprint density at radius 3 is 2.96 bits per heavy atom. The minimum absolute atomic E-state index is 0.0298. The van der Waals surface area contributed by atoms with E-state index >= 15 is 0 Å². The molecular weight excluding hydrogens is 392 g/mol. The summed E-state index contributed by atoms with van der Waals surface area (Å²) >= 11 is 3.97. The number of carbonyl (C=O) groups excluding carboxylic acids is 2. The lowest BCUT2D eigenvalue weighted by Gasteiger charge is -2.12. The van der Waals surface area contributed by atoms with E-state index in [0.29, 0.717) is 15.6 Å². The van der Waals surface area contributed by atoms with Crippen LogP contribution in [0.5, 0.6) is 0 Å². The lowest BCUT2D eigenvalue weighted by atomic mass is 10.3. The van der Waals surface area contributed by atoms with Crippen molar-refractivity contribution in [2.24, 2.45) is 0 Å². The van der Waals surface area contributed by atoms with Gasteiger partial charge in [0.1, 0.15) is 27.3 Å². The summed E-state index contributed by atoms with van der Waals surface area (Å²) < 4.78 is 5.16. The Hall–Kier alpha value is -2.48. The number of hydrogen-bond acceptors (Lipinski definition) is 9. The maximum atomic E-state index is 12.1. The standard InChI is InChI=1S/C16H12N4O3S3/c1-9(13(22)20-14-10(6-17)2-4-24-14)23-12(21)7-26-16-11-3-5-25-15(11)18-8-19-16/h2-5,8-9H,7H2,1H3,(H,20,22)/t9-/m1/s1. The Labute approximate surface area is 161 Å². The van der Waals surface area contributed by atoms with E-state index in [9.17, 15) is 9.59 Å². The van der Waals surface area contributed by atoms with Crippen molar-refractivity contribution in [3.63, 3.8) is 0 Å². The summed E-state index contributed by atoms with van der Waals surface area (Å²) in [6.45, 7) is 1.49. The Bertz CT molecular complexity index is 992. The first-order valence-corrected chi connectivity index (χ1v) is 10.1. The molecule has 132 valence electrons. The minimum atomic E-state index is -0.969. The molecule has 1 atom stereocenters. The number of esters is 1. The predicted molar refractivity (Wildman–Crippen MR) is 101 cm³/mol. The highest BCUT2D eigenvalue weighted by atomic mass is 32.2. The fourth-order valence-electron chi connectivity index (χ4n) is 2.00. The van der Waals surface area contributed by atoms with Crippen molar-refractivity contribution in [1.82, 2.24) is 9.97 Å². The number of nitrogens with zero attached hydrogens (tertiary/aromatic N) is 3. The average molecular weight is 404 g/mol. The molecule has 1 N–H and O–H groups in total. The van der Waals surface area contributed by atoms with Gasteiger partial charge in [0.2, 0.25) is 0 Å². The summed E-state index contributed by atoms with van der Waals surface area (Å²) in [6, 6.07) is 5.50. The fraction of sp³-hybridized carbons (Fsp3) is 0.188. The van der Waals surface area contributed by atoms with Gasteiger partial charge in [0.15, 0.2) is 6.10 Å². The van der Waals surface area contributed by atoms with Gasteiger partial charge >= 0.3 is 5.97 Å². The molecule has 26 heavy (non-hydrogen) atoms. The molecule has 0 saturated carbocycles. The second kappa shape index (κ2) is 8.27. The van der Waals surface area contributed by atoms with Gasteiger partial charge in [-0.15, -0.1) is 22.7 Å². The predicted octanol–water partition coefficient (Wildman–Crippen LogP) is 3.29. The zero-order chi connectivity index (χ0) is 18.5. The molecule has 0 aliphatic rings. The van der Waals surface area contributed by atoms with Crippen molar-refractivity contribution in [3.8, 4) is 6.07 Å². The molecule has 0 bridgehead atoms. The van der Waals surface area contributed by atoms with Crippen molar-refractivity contribution < 1.29 is 14.3 Å². The van der Waals surface area contributed by atoms with Gasteiger partial charge in [-0.05, 0) is 29.8 Å². The molecular formula is C16H12N4O3S3. The molecule has 7 nitrogen and oxygen atoms in total. The van der Waals surface area contributed by atoms with E-state index in [1.807, 2.05) is 17.5 Å². The van der Waals surface area contributed by atoms with E-state index < -0.39 is 18.0 Å². The number of nitriles is 1. The van der Waals surface area contributed by atoms with Crippen molar-refractivity contribution in [3.05, 3.63) is 34.8 Å². The summed E-state index contributed by atoms with van der Waals surface area (Å²) in [7, 11) is 0. The van der Waals surface area contributed by atoms with E-state index in [4.69, 9.17) is 10.00 Å². The molecule has 0 unspecified atom stereocenters. The number of nitrogens with one attached hydrogen (secondary N) is 1. The highest BCUT2D eigenvalue weighted by Crippen LogP contribution is 2.27. The van der Waals surface area contributed by atoms with E-state index in [0.717, 1.165) is 10.2 Å². The number of carbonyl (C=O) groups is 2. The molecule has 0 fully saturated rings. The molecule has 0 radical (unpaired) electrons. The lowest BCUT2D eigenvalue weighted by molar-refractivity contribution is -0.150. The summed E-state index contributed by atoms with van der Waals surface area (Å²) in [5.41, 5.74) is 0.376. The zero-order valence-electron chi connectivity index (χ0n) is 13.5. The summed E-state index contributed by atoms with van der Waals surface area (Å²) in [5, 5.41) is 17.2. The first-order valence-electron chi connectivity index (χ1n) is 7.37. The quantitative estimate of drug-likeness (QED) is 0.382. The van der Waals surface area contributed by atoms with Crippen molar-refractivity contribution in [2.45, 2.75) is 18.1 Å². The number of thioether (sulfide) groups is 1. The van der Waals surface area contributed by atoms with Gasteiger partial charge in [-0.25, -0.2) is 9.97 Å². The van der Waals surface area contributed by atoms with Gasteiger partial charge in [0, 0.05) is 5.39 Å². The third-order valence-electron chi connectivity index (χ3n) is 3.25. The Kier molecular flexibility index (Phi) is 5.82. The highest BCUT2D eigenvalue weighted by Gasteiger charge is 2.20. The van der Waals surface area contributed by atoms with Crippen LogP contribution in [0.15, 0.2) is 34.2 Å². The summed E-state index contributed by atoms with van der Waals surface area (Å²) in [6.07, 6.45) is 0.486. The monoisotopic (exact) mass is 404 g/mol. The Morgan fingerprint density at radius 1 is 1.35 bits per heavy atom. The molecule has 0 aliphatic carbocycles.